The molecule has 1 heterocycles. The number of nitrogens with zero attached hydrogens (tertiary/aromatic N) is 2. The topological polar surface area (TPSA) is 43.8 Å². The molecule has 0 amide bonds. The average Bonchev–Trinajstić information content (AvgIpc) is 2.48. The van der Waals surface area contributed by atoms with E-state index in [2.05, 4.69) is 25.3 Å². The van der Waals surface area contributed by atoms with Crippen LogP contribution in [0.25, 0.3) is 0 Å². The van der Waals surface area contributed by atoms with Crippen LogP contribution in [0.3, 0.4) is 0 Å². The van der Waals surface area contributed by atoms with Gasteiger partial charge in [0.2, 0.25) is 0 Å². The summed E-state index contributed by atoms with van der Waals surface area (Å²) in [5.74, 6) is 2.57. The zero-order valence-electron chi connectivity index (χ0n) is 11.4. The van der Waals surface area contributed by atoms with Gasteiger partial charge in [0, 0.05) is 12.0 Å². The Bertz CT molecular complexity index is 371. The van der Waals surface area contributed by atoms with Gasteiger partial charge in [-0.25, -0.2) is 4.98 Å². The van der Waals surface area contributed by atoms with Crippen molar-refractivity contribution < 1.29 is 0 Å². The van der Waals surface area contributed by atoms with Crippen LogP contribution in [0, 0.1) is 6.92 Å². The van der Waals surface area contributed by atoms with Gasteiger partial charge in [-0.3, -0.25) is 0 Å². The molecule has 1 aromatic heterocycles. The van der Waals surface area contributed by atoms with Gasteiger partial charge in [-0.15, -0.1) is 0 Å². The molecule has 3 heteroatoms. The third-order valence-corrected chi connectivity index (χ3v) is 3.91. The molecule has 17 heavy (non-hydrogen) atoms. The van der Waals surface area contributed by atoms with Crippen LogP contribution in [0.2, 0.25) is 0 Å². The van der Waals surface area contributed by atoms with E-state index in [-0.39, 0.29) is 0 Å². The van der Waals surface area contributed by atoms with Crippen LogP contribution < -0.4 is 5.73 Å². The van der Waals surface area contributed by atoms with Crippen molar-refractivity contribution in [3.63, 3.8) is 0 Å². The lowest BCUT2D eigenvalue weighted by atomic mass is 9.96. The Labute approximate surface area is 104 Å². The van der Waals surface area contributed by atoms with E-state index in [1.165, 1.54) is 38.5 Å². The molecule has 0 bridgehead atoms. The summed E-state index contributed by atoms with van der Waals surface area (Å²) in [6.07, 6.45) is 7.94. The Balaban J connectivity index is 2.28. The molecule has 96 valence electrons. The summed E-state index contributed by atoms with van der Waals surface area (Å²) in [6.45, 7) is 6.40. The monoisotopic (exact) mass is 235 g/mol. The summed E-state index contributed by atoms with van der Waals surface area (Å²) in [5, 5.41) is 0. The number of hydrogen-bond acceptors (Lipinski definition) is 2. The lowest BCUT2D eigenvalue weighted by molar-refractivity contribution is 0.577. The number of rotatable bonds is 2. The molecule has 1 fully saturated rings. The number of aryl methyl sites for hydroxylation is 1. The predicted molar refractivity (Wildman–Crippen MR) is 72.2 cm³/mol. The highest BCUT2D eigenvalue weighted by Gasteiger charge is 2.22. The van der Waals surface area contributed by atoms with E-state index in [1.54, 1.807) is 0 Å². The highest BCUT2D eigenvalue weighted by molar-refractivity contribution is 5.41. The molecule has 3 nitrogen and oxygen atoms in total. The molecular weight excluding hydrogens is 210 g/mol. The second-order valence-corrected chi connectivity index (χ2v) is 5.58. The second kappa shape index (κ2) is 5.11. The highest BCUT2D eigenvalue weighted by Crippen LogP contribution is 2.35. The predicted octanol–water partition coefficient (Wildman–Crippen LogP) is 3.79. The molecule has 1 aliphatic rings. The quantitative estimate of drug-likeness (QED) is 0.792. The van der Waals surface area contributed by atoms with Crippen molar-refractivity contribution in [2.24, 2.45) is 0 Å². The Morgan fingerprint density at radius 1 is 1.18 bits per heavy atom. The van der Waals surface area contributed by atoms with Crippen LogP contribution in [0.1, 0.15) is 75.9 Å². The Morgan fingerprint density at radius 2 is 1.76 bits per heavy atom. The number of nitrogens with two attached hydrogens (primary N) is 1. The van der Waals surface area contributed by atoms with Gasteiger partial charge in [0.25, 0.3) is 0 Å². The third kappa shape index (κ3) is 2.48. The van der Waals surface area contributed by atoms with Crippen molar-refractivity contribution in [3.8, 4) is 0 Å². The van der Waals surface area contributed by atoms with Crippen LogP contribution in [-0.2, 0) is 0 Å². The minimum absolute atomic E-state index is 0.405. The SMILES string of the molecule is Cc1nc(C2CCCCCC2)c(N)n1C(C)C. The van der Waals surface area contributed by atoms with Gasteiger partial charge in [0.15, 0.2) is 0 Å². The second-order valence-electron chi connectivity index (χ2n) is 5.58. The van der Waals surface area contributed by atoms with Crippen LogP contribution in [-0.4, -0.2) is 9.55 Å². The molecule has 2 rings (SSSR count). The fraction of sp³-hybridized carbons (Fsp3) is 0.786. The van der Waals surface area contributed by atoms with Crippen molar-refractivity contribution in [1.29, 1.82) is 0 Å². The molecule has 0 atom stereocenters. The van der Waals surface area contributed by atoms with E-state index in [0.717, 1.165) is 17.3 Å². The van der Waals surface area contributed by atoms with E-state index in [4.69, 9.17) is 10.7 Å². The molecule has 1 aliphatic carbocycles. The molecule has 0 aliphatic heterocycles. The summed E-state index contributed by atoms with van der Waals surface area (Å²) in [7, 11) is 0. The van der Waals surface area contributed by atoms with Crippen LogP contribution in [0.15, 0.2) is 0 Å². The van der Waals surface area contributed by atoms with Gasteiger partial charge in [0.05, 0.1) is 5.69 Å². The van der Waals surface area contributed by atoms with E-state index < -0.39 is 0 Å². The van der Waals surface area contributed by atoms with Gasteiger partial charge < -0.3 is 10.3 Å². The maximum atomic E-state index is 6.29. The van der Waals surface area contributed by atoms with Crippen LogP contribution in [0.4, 0.5) is 5.82 Å². The molecular formula is C14H25N3. The maximum absolute atomic E-state index is 6.29. The fourth-order valence-electron chi connectivity index (χ4n) is 3.09. The standard InChI is InChI=1S/C14H25N3/c1-10(2)17-11(3)16-13(14(17)15)12-8-6-4-5-7-9-12/h10,12H,4-9,15H2,1-3H3. The molecule has 0 radical (unpaired) electrons. The third-order valence-electron chi connectivity index (χ3n) is 3.91. The molecule has 2 N–H and O–H groups in total. The van der Waals surface area contributed by atoms with Crippen molar-refractivity contribution in [2.75, 3.05) is 5.73 Å². The first-order chi connectivity index (χ1) is 8.11. The number of imidazole rings is 1. The molecule has 1 saturated carbocycles. The normalized spacial score (nSPS) is 18.6. The average molecular weight is 235 g/mol. The minimum Gasteiger partial charge on any atom is -0.384 e. The van der Waals surface area contributed by atoms with E-state index >= 15 is 0 Å². The molecule has 0 unspecified atom stereocenters. The summed E-state index contributed by atoms with van der Waals surface area (Å²) in [4.78, 5) is 4.73. The Kier molecular flexibility index (Phi) is 3.75. The van der Waals surface area contributed by atoms with Crippen molar-refractivity contribution >= 4 is 5.82 Å². The van der Waals surface area contributed by atoms with Crippen molar-refractivity contribution in [1.82, 2.24) is 9.55 Å². The Morgan fingerprint density at radius 3 is 2.24 bits per heavy atom. The number of hydrogen-bond donors (Lipinski definition) is 1. The summed E-state index contributed by atoms with van der Waals surface area (Å²) in [5.41, 5.74) is 7.45. The number of aromatic nitrogens is 2. The number of anilines is 1. The van der Waals surface area contributed by atoms with Gasteiger partial charge in [0.1, 0.15) is 11.6 Å². The molecule has 1 aromatic rings. The first-order valence-electron chi connectivity index (χ1n) is 6.95. The zero-order chi connectivity index (χ0) is 12.4. The summed E-state index contributed by atoms with van der Waals surface area (Å²) in [6, 6.07) is 0.405. The minimum atomic E-state index is 0.405. The van der Waals surface area contributed by atoms with E-state index in [9.17, 15) is 0 Å². The first kappa shape index (κ1) is 12.5. The van der Waals surface area contributed by atoms with E-state index in [0.29, 0.717) is 12.0 Å². The summed E-state index contributed by atoms with van der Waals surface area (Å²) >= 11 is 0. The largest absolute Gasteiger partial charge is 0.384 e. The van der Waals surface area contributed by atoms with Gasteiger partial charge in [-0.2, -0.15) is 0 Å². The molecule has 0 saturated heterocycles. The highest BCUT2D eigenvalue weighted by atomic mass is 15.2. The number of nitrogen functional groups attached to an aromatic ring is 1. The van der Waals surface area contributed by atoms with Crippen LogP contribution in [0.5, 0.6) is 0 Å². The smallest absolute Gasteiger partial charge is 0.127 e. The molecule has 0 spiro atoms. The van der Waals surface area contributed by atoms with Crippen molar-refractivity contribution in [3.05, 3.63) is 11.5 Å². The van der Waals surface area contributed by atoms with Crippen LogP contribution >= 0.6 is 0 Å². The lowest BCUT2D eigenvalue weighted by Crippen LogP contribution is -2.09. The lowest BCUT2D eigenvalue weighted by Gasteiger charge is -2.14. The fourth-order valence-corrected chi connectivity index (χ4v) is 3.09. The first-order valence-corrected chi connectivity index (χ1v) is 6.95. The van der Waals surface area contributed by atoms with Gasteiger partial charge in [-0.05, 0) is 33.6 Å². The maximum Gasteiger partial charge on any atom is 0.127 e. The van der Waals surface area contributed by atoms with Crippen molar-refractivity contribution in [2.45, 2.75) is 71.3 Å². The van der Waals surface area contributed by atoms with E-state index in [1.807, 2.05) is 0 Å². The van der Waals surface area contributed by atoms with Gasteiger partial charge in [-0.1, -0.05) is 25.7 Å². The Hall–Kier alpha value is -0.990. The van der Waals surface area contributed by atoms with Gasteiger partial charge >= 0.3 is 0 Å². The molecule has 0 aromatic carbocycles. The summed E-state index contributed by atoms with van der Waals surface area (Å²) < 4.78 is 2.17. The zero-order valence-corrected chi connectivity index (χ0v) is 11.4.